The minimum Gasteiger partial charge on any atom is -0.326 e. The fourth-order valence-corrected chi connectivity index (χ4v) is 2.03. The van der Waals surface area contributed by atoms with Gasteiger partial charge in [0.15, 0.2) is 0 Å². The molecule has 0 spiro atoms. The van der Waals surface area contributed by atoms with Crippen molar-refractivity contribution >= 4 is 27.5 Å². The van der Waals surface area contributed by atoms with E-state index in [2.05, 4.69) is 5.32 Å². The average molecular weight is 299 g/mol. The molecule has 7 heteroatoms. The van der Waals surface area contributed by atoms with E-state index >= 15 is 0 Å². The molecule has 0 heterocycles. The van der Waals surface area contributed by atoms with Crippen LogP contribution in [0, 0.1) is 11.8 Å². The summed E-state index contributed by atoms with van der Waals surface area (Å²) >= 11 is 0. The maximum absolute atomic E-state index is 11.9. The van der Waals surface area contributed by atoms with Gasteiger partial charge in [0.2, 0.25) is 5.91 Å². The van der Waals surface area contributed by atoms with Gasteiger partial charge in [-0.2, -0.15) is 8.42 Å². The van der Waals surface area contributed by atoms with Crippen LogP contribution in [0.2, 0.25) is 0 Å². The molecule has 1 amide bonds. The average Bonchev–Trinajstić information content (AvgIpc) is 2.36. The van der Waals surface area contributed by atoms with Crippen molar-refractivity contribution in [2.45, 2.75) is 25.7 Å². The standard InChI is InChI=1S/C13H17NO5S/c1-8(10(3)15)9(2)13(16)14-11-4-6-12(7-5-11)20(17,18)19/h4-9H,1-3H3,(H,14,16)(H,17,18,19). The van der Waals surface area contributed by atoms with Crippen molar-refractivity contribution in [1.29, 1.82) is 0 Å². The van der Waals surface area contributed by atoms with E-state index in [0.29, 0.717) is 5.69 Å². The number of benzene rings is 1. The van der Waals surface area contributed by atoms with E-state index in [4.69, 9.17) is 4.55 Å². The molecule has 0 aliphatic rings. The molecule has 20 heavy (non-hydrogen) atoms. The van der Waals surface area contributed by atoms with Crippen LogP contribution in [0.1, 0.15) is 20.8 Å². The molecule has 2 N–H and O–H groups in total. The summed E-state index contributed by atoms with van der Waals surface area (Å²) in [6, 6.07) is 5.10. The van der Waals surface area contributed by atoms with E-state index in [0.717, 1.165) is 0 Å². The maximum Gasteiger partial charge on any atom is 0.294 e. The predicted octanol–water partition coefficient (Wildman–Crippen LogP) is 1.73. The first-order valence-corrected chi connectivity index (χ1v) is 7.46. The van der Waals surface area contributed by atoms with Crippen LogP contribution < -0.4 is 5.32 Å². The molecule has 2 unspecified atom stereocenters. The van der Waals surface area contributed by atoms with Crippen LogP contribution in [0.3, 0.4) is 0 Å². The highest BCUT2D eigenvalue weighted by molar-refractivity contribution is 7.85. The molecule has 0 fully saturated rings. The molecule has 1 rings (SSSR count). The van der Waals surface area contributed by atoms with Gasteiger partial charge in [-0.3, -0.25) is 14.1 Å². The number of ketones is 1. The lowest BCUT2D eigenvalue weighted by Gasteiger charge is -2.16. The Morgan fingerprint density at radius 2 is 1.60 bits per heavy atom. The second-order valence-corrected chi connectivity index (χ2v) is 6.10. The Labute approximate surface area is 117 Å². The van der Waals surface area contributed by atoms with Crippen molar-refractivity contribution in [3.05, 3.63) is 24.3 Å². The summed E-state index contributed by atoms with van der Waals surface area (Å²) in [5.74, 6) is -1.29. The monoisotopic (exact) mass is 299 g/mol. The number of amides is 1. The third-order valence-electron chi connectivity index (χ3n) is 3.22. The third kappa shape index (κ3) is 4.14. The maximum atomic E-state index is 11.9. The van der Waals surface area contributed by atoms with Crippen molar-refractivity contribution < 1.29 is 22.6 Å². The van der Waals surface area contributed by atoms with Gasteiger partial charge in [0.1, 0.15) is 5.78 Å². The van der Waals surface area contributed by atoms with Gasteiger partial charge < -0.3 is 5.32 Å². The molecule has 6 nitrogen and oxygen atoms in total. The molecule has 1 aromatic carbocycles. The Kier molecular flexibility index (Phi) is 5.02. The highest BCUT2D eigenvalue weighted by Gasteiger charge is 2.23. The summed E-state index contributed by atoms with van der Waals surface area (Å²) in [5, 5.41) is 2.59. The number of carbonyl (C=O) groups excluding carboxylic acids is 2. The number of hydrogen-bond acceptors (Lipinski definition) is 4. The van der Waals surface area contributed by atoms with Crippen molar-refractivity contribution in [3.63, 3.8) is 0 Å². The Morgan fingerprint density at radius 3 is 2.00 bits per heavy atom. The van der Waals surface area contributed by atoms with E-state index < -0.39 is 22.0 Å². The largest absolute Gasteiger partial charge is 0.326 e. The van der Waals surface area contributed by atoms with Gasteiger partial charge in [0, 0.05) is 17.5 Å². The normalized spacial score (nSPS) is 14.4. The zero-order valence-electron chi connectivity index (χ0n) is 11.5. The Hall–Kier alpha value is -1.73. The number of Topliss-reactive ketones (excluding diaryl/α,β-unsaturated/α-hetero) is 1. The number of anilines is 1. The number of nitrogens with one attached hydrogen (secondary N) is 1. The quantitative estimate of drug-likeness (QED) is 0.806. The summed E-state index contributed by atoms with van der Waals surface area (Å²) < 4.78 is 30.6. The first kappa shape index (κ1) is 16.3. The van der Waals surface area contributed by atoms with Crippen molar-refractivity contribution in [3.8, 4) is 0 Å². The molecule has 0 aromatic heterocycles. The van der Waals surface area contributed by atoms with Crippen LogP contribution in [0.4, 0.5) is 5.69 Å². The lowest BCUT2D eigenvalue weighted by molar-refractivity contribution is -0.128. The minimum atomic E-state index is -4.25. The first-order valence-electron chi connectivity index (χ1n) is 6.02. The Balaban J connectivity index is 2.79. The topological polar surface area (TPSA) is 101 Å². The van der Waals surface area contributed by atoms with E-state index in [1.807, 2.05) is 0 Å². The lowest BCUT2D eigenvalue weighted by Crippen LogP contribution is -2.29. The number of carbonyl (C=O) groups is 2. The Morgan fingerprint density at radius 1 is 1.10 bits per heavy atom. The smallest absolute Gasteiger partial charge is 0.294 e. The first-order chi connectivity index (χ1) is 9.12. The third-order valence-corrected chi connectivity index (χ3v) is 4.09. The second kappa shape index (κ2) is 6.15. The van der Waals surface area contributed by atoms with Gasteiger partial charge in [-0.15, -0.1) is 0 Å². The molecule has 2 atom stereocenters. The van der Waals surface area contributed by atoms with Gasteiger partial charge in [-0.1, -0.05) is 13.8 Å². The van der Waals surface area contributed by atoms with Crippen molar-refractivity contribution in [2.75, 3.05) is 5.32 Å². The summed E-state index contributed by atoms with van der Waals surface area (Å²) in [5.41, 5.74) is 0.394. The molecule has 1 aromatic rings. The summed E-state index contributed by atoms with van der Waals surface area (Å²) in [7, 11) is -4.25. The van der Waals surface area contributed by atoms with Crippen LogP contribution in [0.15, 0.2) is 29.2 Å². The van der Waals surface area contributed by atoms with E-state index in [1.165, 1.54) is 31.2 Å². The summed E-state index contributed by atoms with van der Waals surface area (Å²) in [4.78, 5) is 22.9. The second-order valence-electron chi connectivity index (χ2n) is 4.68. The van der Waals surface area contributed by atoms with Crippen molar-refractivity contribution in [2.24, 2.45) is 11.8 Å². The molecule has 0 radical (unpaired) electrons. The molecule has 0 aliphatic heterocycles. The van der Waals surface area contributed by atoms with Crippen LogP contribution in [-0.4, -0.2) is 24.7 Å². The Bertz CT molecular complexity index is 606. The minimum absolute atomic E-state index is 0.0747. The molecule has 0 aliphatic carbocycles. The van der Waals surface area contributed by atoms with Gasteiger partial charge >= 0.3 is 0 Å². The van der Waals surface area contributed by atoms with Gasteiger partial charge in [0.25, 0.3) is 10.1 Å². The summed E-state index contributed by atoms with van der Waals surface area (Å²) in [6.07, 6.45) is 0. The molecular weight excluding hydrogens is 282 g/mol. The van der Waals surface area contributed by atoms with Crippen LogP contribution >= 0.6 is 0 Å². The van der Waals surface area contributed by atoms with E-state index in [9.17, 15) is 18.0 Å². The zero-order chi connectivity index (χ0) is 15.5. The molecule has 110 valence electrons. The van der Waals surface area contributed by atoms with Crippen LogP contribution in [0.5, 0.6) is 0 Å². The highest BCUT2D eigenvalue weighted by atomic mass is 32.2. The van der Waals surface area contributed by atoms with E-state index in [-0.39, 0.29) is 16.6 Å². The van der Waals surface area contributed by atoms with Crippen LogP contribution in [0.25, 0.3) is 0 Å². The molecule has 0 saturated carbocycles. The highest BCUT2D eigenvalue weighted by Crippen LogP contribution is 2.17. The predicted molar refractivity (Wildman–Crippen MR) is 73.9 cm³/mol. The molecule has 0 bridgehead atoms. The number of hydrogen-bond donors (Lipinski definition) is 2. The number of rotatable bonds is 5. The zero-order valence-corrected chi connectivity index (χ0v) is 12.3. The SMILES string of the molecule is CC(=O)C(C)C(C)C(=O)Nc1ccc(S(=O)(=O)O)cc1. The van der Waals surface area contributed by atoms with Gasteiger partial charge in [-0.25, -0.2) is 0 Å². The fraction of sp³-hybridized carbons (Fsp3) is 0.385. The van der Waals surface area contributed by atoms with Gasteiger partial charge in [-0.05, 0) is 31.2 Å². The summed E-state index contributed by atoms with van der Waals surface area (Å²) in [6.45, 7) is 4.75. The van der Waals surface area contributed by atoms with Gasteiger partial charge in [0.05, 0.1) is 4.90 Å². The van der Waals surface area contributed by atoms with Crippen molar-refractivity contribution in [1.82, 2.24) is 0 Å². The van der Waals surface area contributed by atoms with Crippen LogP contribution in [-0.2, 0) is 19.7 Å². The lowest BCUT2D eigenvalue weighted by atomic mass is 9.92. The molecular formula is C13H17NO5S. The van der Waals surface area contributed by atoms with E-state index in [1.54, 1.807) is 13.8 Å². The fourth-order valence-electron chi connectivity index (χ4n) is 1.55. The molecule has 0 saturated heterocycles.